The first-order chi connectivity index (χ1) is 20.0. The van der Waals surface area contributed by atoms with Crippen molar-refractivity contribution in [1.82, 2.24) is 10.4 Å². The van der Waals surface area contributed by atoms with E-state index in [1.54, 1.807) is 36.4 Å². The van der Waals surface area contributed by atoms with E-state index in [4.69, 9.17) is 4.74 Å². The van der Waals surface area contributed by atoms with Crippen molar-refractivity contribution in [3.63, 3.8) is 0 Å². The maximum Gasteiger partial charge on any atom is 0.271 e. The second-order valence-corrected chi connectivity index (χ2v) is 9.94. The number of carbonyl (C=O) groups excluding carboxylic acids is 2. The predicted octanol–water partition coefficient (Wildman–Crippen LogP) is 6.64. The number of aromatic nitrogens is 1. The molecule has 41 heavy (non-hydrogen) atoms. The van der Waals surface area contributed by atoms with Gasteiger partial charge in [0.1, 0.15) is 5.75 Å². The molecule has 0 unspecified atom stereocenters. The van der Waals surface area contributed by atoms with E-state index in [9.17, 15) is 9.59 Å². The Balaban J connectivity index is 1.08. The van der Waals surface area contributed by atoms with Crippen molar-refractivity contribution < 1.29 is 14.3 Å². The summed E-state index contributed by atoms with van der Waals surface area (Å²) in [6, 6.07) is 31.7. The highest BCUT2D eigenvalue weighted by molar-refractivity contribution is 7.14. The van der Waals surface area contributed by atoms with Crippen molar-refractivity contribution in [3.8, 4) is 17.0 Å². The molecule has 0 bridgehead atoms. The van der Waals surface area contributed by atoms with Crippen LogP contribution in [0.5, 0.6) is 5.75 Å². The molecule has 0 aliphatic heterocycles. The summed E-state index contributed by atoms with van der Waals surface area (Å²) in [6.07, 6.45) is 1.54. The molecule has 3 N–H and O–H groups in total. The number of nitrogens with zero attached hydrogens (tertiary/aromatic N) is 2. The maximum atomic E-state index is 12.5. The number of hydrazone groups is 1. The lowest BCUT2D eigenvalue weighted by Crippen LogP contribution is -2.20. The average Bonchev–Trinajstić information content (AvgIpc) is 3.47. The van der Waals surface area contributed by atoms with Crippen LogP contribution in [0.1, 0.15) is 21.5 Å². The van der Waals surface area contributed by atoms with Crippen LogP contribution in [-0.2, 0) is 4.79 Å². The highest BCUT2D eigenvalue weighted by Gasteiger charge is 2.08. The molecule has 0 aliphatic rings. The molecule has 0 saturated heterocycles. The molecule has 8 nitrogen and oxygen atoms in total. The van der Waals surface area contributed by atoms with Gasteiger partial charge >= 0.3 is 0 Å². The van der Waals surface area contributed by atoms with Crippen LogP contribution in [0.4, 0.5) is 16.5 Å². The Hall–Kier alpha value is -5.28. The summed E-state index contributed by atoms with van der Waals surface area (Å²) in [7, 11) is 0. The largest absolute Gasteiger partial charge is 0.484 e. The number of ether oxygens (including phenoxy) is 1. The molecule has 9 heteroatoms. The minimum absolute atomic E-state index is 0.107. The first-order valence-electron chi connectivity index (χ1n) is 12.8. The third kappa shape index (κ3) is 7.87. The molecule has 5 aromatic rings. The quantitative estimate of drug-likeness (QED) is 0.131. The zero-order chi connectivity index (χ0) is 28.4. The smallest absolute Gasteiger partial charge is 0.271 e. The van der Waals surface area contributed by atoms with Crippen LogP contribution in [0.2, 0.25) is 0 Å². The number of benzene rings is 4. The fraction of sp³-hybridized carbons (Fsp3) is 0.0625. The molecule has 0 saturated carbocycles. The van der Waals surface area contributed by atoms with E-state index >= 15 is 0 Å². The normalized spacial score (nSPS) is 10.8. The molecule has 1 aromatic heterocycles. The van der Waals surface area contributed by atoms with E-state index < -0.39 is 0 Å². The Morgan fingerprint density at radius 2 is 1.61 bits per heavy atom. The second-order valence-electron chi connectivity index (χ2n) is 9.08. The number of nitrogens with one attached hydrogen (secondary N) is 3. The minimum atomic E-state index is -0.322. The molecular formula is C32H27N5O3S. The monoisotopic (exact) mass is 561 g/mol. The van der Waals surface area contributed by atoms with Gasteiger partial charge in [0.2, 0.25) is 0 Å². The number of hydrogen-bond acceptors (Lipinski definition) is 7. The molecule has 0 aliphatic carbocycles. The van der Waals surface area contributed by atoms with Crippen molar-refractivity contribution in [2.45, 2.75) is 6.92 Å². The van der Waals surface area contributed by atoms with Gasteiger partial charge in [-0.05, 0) is 73.2 Å². The molecule has 0 radical (unpaired) electrons. The zero-order valence-electron chi connectivity index (χ0n) is 22.2. The first-order valence-corrected chi connectivity index (χ1v) is 13.7. The van der Waals surface area contributed by atoms with Gasteiger partial charge in [0.15, 0.2) is 11.7 Å². The zero-order valence-corrected chi connectivity index (χ0v) is 23.0. The number of thiazole rings is 1. The van der Waals surface area contributed by atoms with Gasteiger partial charge in [-0.1, -0.05) is 48.0 Å². The first kappa shape index (κ1) is 27.3. The summed E-state index contributed by atoms with van der Waals surface area (Å²) in [5, 5.41) is 12.9. The SMILES string of the molecule is Cc1ccc(NC(=O)COc2ccc(/C=N/NC(=O)c3ccc(-c4csc(Nc5ccccc5)n4)cc3)cc2)cc1. The molecule has 0 atom stereocenters. The number of carbonyl (C=O) groups is 2. The van der Waals surface area contributed by atoms with Crippen LogP contribution in [-0.4, -0.2) is 29.6 Å². The fourth-order valence-electron chi connectivity index (χ4n) is 3.76. The van der Waals surface area contributed by atoms with E-state index in [1.807, 2.05) is 79.0 Å². The standard InChI is InChI=1S/C32H27N5O3S/c1-22-7-15-27(16-8-22)34-30(38)20-40-28-17-9-23(10-18-28)19-33-37-31(39)25-13-11-24(12-14-25)29-21-41-32(36-29)35-26-5-3-2-4-6-26/h2-19,21H,20H2,1H3,(H,34,38)(H,35,36)(H,37,39)/b33-19+. The number of amides is 2. The summed E-state index contributed by atoms with van der Waals surface area (Å²) in [4.78, 5) is 29.3. The summed E-state index contributed by atoms with van der Waals surface area (Å²) in [5.74, 6) is -0.0166. The molecule has 1 heterocycles. The van der Waals surface area contributed by atoms with E-state index in [2.05, 4.69) is 26.1 Å². The molecule has 5 rings (SSSR count). The molecule has 4 aromatic carbocycles. The Morgan fingerprint density at radius 3 is 2.34 bits per heavy atom. The summed E-state index contributed by atoms with van der Waals surface area (Å²) >= 11 is 1.52. The summed E-state index contributed by atoms with van der Waals surface area (Å²) in [5.41, 5.74) is 8.35. The molecule has 204 valence electrons. The maximum absolute atomic E-state index is 12.5. The van der Waals surface area contributed by atoms with Gasteiger partial charge in [-0.25, -0.2) is 10.4 Å². The Bertz CT molecular complexity index is 1630. The van der Waals surface area contributed by atoms with Crippen LogP contribution in [0.25, 0.3) is 11.3 Å². The Kier molecular flexibility index (Phi) is 8.78. The third-order valence-electron chi connectivity index (χ3n) is 5.94. The highest BCUT2D eigenvalue weighted by Crippen LogP contribution is 2.27. The summed E-state index contributed by atoms with van der Waals surface area (Å²) < 4.78 is 5.56. The van der Waals surface area contributed by atoms with E-state index in [0.29, 0.717) is 11.3 Å². The van der Waals surface area contributed by atoms with Gasteiger partial charge < -0.3 is 15.4 Å². The Morgan fingerprint density at radius 1 is 0.878 bits per heavy atom. The molecule has 2 amide bonds. The van der Waals surface area contributed by atoms with Crippen molar-refractivity contribution >= 4 is 45.9 Å². The fourth-order valence-corrected chi connectivity index (χ4v) is 4.50. The molecule has 0 spiro atoms. The van der Waals surface area contributed by atoms with Crippen molar-refractivity contribution in [2.24, 2.45) is 5.10 Å². The Labute approximate surface area is 241 Å². The molecule has 0 fully saturated rings. The van der Waals surface area contributed by atoms with E-state index in [1.165, 1.54) is 17.6 Å². The number of hydrogen-bond donors (Lipinski definition) is 3. The van der Waals surface area contributed by atoms with E-state index in [0.717, 1.165) is 38.9 Å². The van der Waals surface area contributed by atoms with Crippen LogP contribution in [0.3, 0.4) is 0 Å². The van der Waals surface area contributed by atoms with Gasteiger partial charge in [-0.15, -0.1) is 11.3 Å². The topological polar surface area (TPSA) is 105 Å². The second kappa shape index (κ2) is 13.2. The number of anilines is 3. The number of para-hydroxylation sites is 1. The van der Waals surface area contributed by atoms with Crippen LogP contribution >= 0.6 is 11.3 Å². The lowest BCUT2D eigenvalue weighted by molar-refractivity contribution is -0.118. The summed E-state index contributed by atoms with van der Waals surface area (Å²) in [6.45, 7) is 1.88. The lowest BCUT2D eigenvalue weighted by Gasteiger charge is -2.08. The van der Waals surface area contributed by atoms with Gasteiger partial charge in [-0.2, -0.15) is 5.10 Å². The van der Waals surface area contributed by atoms with E-state index in [-0.39, 0.29) is 18.4 Å². The van der Waals surface area contributed by atoms with Crippen LogP contribution in [0, 0.1) is 6.92 Å². The molecular weight excluding hydrogens is 534 g/mol. The third-order valence-corrected chi connectivity index (χ3v) is 6.69. The minimum Gasteiger partial charge on any atom is -0.484 e. The average molecular weight is 562 g/mol. The predicted molar refractivity (Wildman–Crippen MR) is 164 cm³/mol. The lowest BCUT2D eigenvalue weighted by atomic mass is 10.1. The van der Waals surface area contributed by atoms with Crippen LogP contribution < -0.4 is 20.8 Å². The van der Waals surface area contributed by atoms with Gasteiger partial charge in [0.25, 0.3) is 11.8 Å². The van der Waals surface area contributed by atoms with Crippen LogP contribution in [0.15, 0.2) is 114 Å². The number of rotatable bonds is 10. The van der Waals surface area contributed by atoms with Crippen molar-refractivity contribution in [3.05, 3.63) is 125 Å². The van der Waals surface area contributed by atoms with Crippen molar-refractivity contribution in [2.75, 3.05) is 17.2 Å². The highest BCUT2D eigenvalue weighted by atomic mass is 32.1. The van der Waals surface area contributed by atoms with Crippen molar-refractivity contribution in [1.29, 1.82) is 0 Å². The van der Waals surface area contributed by atoms with Gasteiger partial charge in [0.05, 0.1) is 11.9 Å². The van der Waals surface area contributed by atoms with Gasteiger partial charge in [0, 0.05) is 27.9 Å². The number of aryl methyl sites for hydroxylation is 1. The van der Waals surface area contributed by atoms with Gasteiger partial charge in [-0.3, -0.25) is 9.59 Å².